The second-order valence-corrected chi connectivity index (χ2v) is 5.55. The third-order valence-corrected chi connectivity index (χ3v) is 3.81. The Labute approximate surface area is 114 Å². The van der Waals surface area contributed by atoms with Gasteiger partial charge in [0.2, 0.25) is 10.0 Å². The minimum Gasteiger partial charge on any atom is -0.491 e. The highest BCUT2D eigenvalue weighted by atomic mass is 32.2. The molecule has 1 aromatic rings. The van der Waals surface area contributed by atoms with Crippen LogP contribution in [0.25, 0.3) is 0 Å². The minimum atomic E-state index is -3.45. The molecule has 0 aromatic heterocycles. The van der Waals surface area contributed by atoms with E-state index in [1.54, 1.807) is 25.3 Å². The normalized spacial score (nSPS) is 11.2. The molecule has 19 heavy (non-hydrogen) atoms. The lowest BCUT2D eigenvalue weighted by atomic mass is 10.3. The van der Waals surface area contributed by atoms with Crippen LogP contribution in [0.4, 0.5) is 0 Å². The molecule has 0 amide bonds. The van der Waals surface area contributed by atoms with Crippen LogP contribution in [-0.4, -0.2) is 35.3 Å². The van der Waals surface area contributed by atoms with Gasteiger partial charge in [-0.2, -0.15) is 0 Å². The van der Waals surface area contributed by atoms with Crippen molar-refractivity contribution >= 4 is 10.0 Å². The summed E-state index contributed by atoms with van der Waals surface area (Å²) in [4.78, 5) is 0.218. The second kappa shape index (κ2) is 7.93. The van der Waals surface area contributed by atoms with Crippen molar-refractivity contribution in [2.24, 2.45) is 0 Å². The van der Waals surface area contributed by atoms with Crippen LogP contribution in [0.1, 0.15) is 6.42 Å². The number of hydrogen-bond donors (Lipinski definition) is 1. The van der Waals surface area contributed by atoms with Crippen molar-refractivity contribution in [1.82, 2.24) is 4.72 Å². The fourth-order valence-electron chi connectivity index (χ4n) is 1.34. The van der Waals surface area contributed by atoms with Crippen molar-refractivity contribution < 1.29 is 17.9 Å². The second-order valence-electron chi connectivity index (χ2n) is 3.79. The third kappa shape index (κ3) is 5.42. The molecule has 1 aromatic carbocycles. The quantitative estimate of drug-likeness (QED) is 0.552. The number of hydrogen-bond acceptors (Lipinski definition) is 4. The van der Waals surface area contributed by atoms with Gasteiger partial charge in [-0.15, -0.1) is 6.58 Å². The summed E-state index contributed by atoms with van der Waals surface area (Å²) < 4.78 is 36.4. The van der Waals surface area contributed by atoms with Gasteiger partial charge in [0, 0.05) is 13.7 Å². The molecule has 0 heterocycles. The molecule has 1 N–H and O–H groups in total. The molecule has 0 unspecified atom stereocenters. The van der Waals surface area contributed by atoms with Gasteiger partial charge in [-0.3, -0.25) is 0 Å². The Balaban J connectivity index is 2.61. The first-order valence-electron chi connectivity index (χ1n) is 5.92. The Morgan fingerprint density at radius 2 is 1.95 bits per heavy atom. The molecule has 1 rings (SSSR count). The highest BCUT2D eigenvalue weighted by molar-refractivity contribution is 7.89. The van der Waals surface area contributed by atoms with E-state index in [0.29, 0.717) is 31.9 Å². The molecule has 0 saturated carbocycles. The average molecular weight is 285 g/mol. The van der Waals surface area contributed by atoms with E-state index in [1.165, 1.54) is 12.1 Å². The Bertz CT molecular complexity index is 482. The summed E-state index contributed by atoms with van der Waals surface area (Å²) >= 11 is 0. The monoisotopic (exact) mass is 285 g/mol. The first-order chi connectivity index (χ1) is 9.10. The van der Waals surface area contributed by atoms with Crippen molar-refractivity contribution in [2.45, 2.75) is 11.3 Å². The third-order valence-electron chi connectivity index (χ3n) is 2.33. The van der Waals surface area contributed by atoms with Crippen molar-refractivity contribution in [2.75, 3.05) is 26.9 Å². The topological polar surface area (TPSA) is 64.6 Å². The van der Waals surface area contributed by atoms with Gasteiger partial charge in [-0.1, -0.05) is 6.08 Å². The Morgan fingerprint density at radius 1 is 1.26 bits per heavy atom. The molecule has 0 radical (unpaired) electrons. The molecule has 0 atom stereocenters. The lowest BCUT2D eigenvalue weighted by molar-refractivity contribution is 0.146. The molecule has 0 aliphatic rings. The summed E-state index contributed by atoms with van der Waals surface area (Å²) in [5.41, 5.74) is 0. The Kier molecular flexibility index (Phi) is 6.55. The molecular weight excluding hydrogens is 266 g/mol. The zero-order valence-corrected chi connectivity index (χ0v) is 11.8. The van der Waals surface area contributed by atoms with E-state index < -0.39 is 10.0 Å². The van der Waals surface area contributed by atoms with E-state index in [-0.39, 0.29) is 4.90 Å². The van der Waals surface area contributed by atoms with Crippen molar-refractivity contribution in [1.29, 1.82) is 0 Å². The van der Waals surface area contributed by atoms with Gasteiger partial charge in [0.25, 0.3) is 0 Å². The fraction of sp³-hybridized carbons (Fsp3) is 0.385. The summed E-state index contributed by atoms with van der Waals surface area (Å²) in [6.45, 7) is 4.80. The summed E-state index contributed by atoms with van der Waals surface area (Å²) in [6.07, 6.45) is 2.26. The number of sulfonamides is 1. The van der Waals surface area contributed by atoms with Gasteiger partial charge in [0.05, 0.1) is 11.5 Å². The van der Waals surface area contributed by atoms with Gasteiger partial charge >= 0.3 is 0 Å². The highest BCUT2D eigenvalue weighted by Gasteiger charge is 2.12. The van der Waals surface area contributed by atoms with E-state index in [2.05, 4.69) is 11.3 Å². The maximum Gasteiger partial charge on any atom is 0.240 e. The molecule has 5 nitrogen and oxygen atoms in total. The van der Waals surface area contributed by atoms with Crippen LogP contribution in [0.5, 0.6) is 5.75 Å². The molecule has 0 saturated heterocycles. The largest absolute Gasteiger partial charge is 0.491 e. The zero-order chi connectivity index (χ0) is 14.1. The van der Waals surface area contributed by atoms with E-state index in [1.807, 2.05) is 0 Å². The van der Waals surface area contributed by atoms with Gasteiger partial charge < -0.3 is 9.47 Å². The fourth-order valence-corrected chi connectivity index (χ4v) is 2.38. The minimum absolute atomic E-state index is 0.218. The Hall–Kier alpha value is -1.37. The van der Waals surface area contributed by atoms with Gasteiger partial charge in [0.15, 0.2) is 0 Å². The SMILES string of the molecule is C=CCCNS(=O)(=O)c1ccc(OCCOC)cc1. The van der Waals surface area contributed by atoms with Crippen LogP contribution < -0.4 is 9.46 Å². The molecule has 106 valence electrons. The standard InChI is InChI=1S/C13H19NO4S/c1-3-4-9-14-19(15,16)13-7-5-12(6-8-13)18-11-10-17-2/h3,5-8,14H,1,4,9-11H2,2H3. The van der Waals surface area contributed by atoms with E-state index in [9.17, 15) is 8.42 Å². The number of ether oxygens (including phenoxy) is 2. The molecule has 0 spiro atoms. The van der Waals surface area contributed by atoms with Crippen molar-refractivity contribution in [3.8, 4) is 5.75 Å². The smallest absolute Gasteiger partial charge is 0.240 e. The van der Waals surface area contributed by atoms with Crippen LogP contribution in [0, 0.1) is 0 Å². The predicted octanol–water partition coefficient (Wildman–Crippen LogP) is 1.57. The molecule has 0 fully saturated rings. The van der Waals surface area contributed by atoms with Gasteiger partial charge in [-0.25, -0.2) is 13.1 Å². The molecule has 0 aliphatic carbocycles. The first kappa shape index (κ1) is 15.7. The van der Waals surface area contributed by atoms with E-state index in [4.69, 9.17) is 9.47 Å². The van der Waals surface area contributed by atoms with E-state index >= 15 is 0 Å². The number of rotatable bonds is 9. The average Bonchev–Trinajstić information content (AvgIpc) is 2.40. The maximum absolute atomic E-state index is 11.9. The molecule has 0 aliphatic heterocycles. The van der Waals surface area contributed by atoms with Crippen LogP contribution >= 0.6 is 0 Å². The number of methoxy groups -OCH3 is 1. The van der Waals surface area contributed by atoms with Crippen molar-refractivity contribution in [3.63, 3.8) is 0 Å². The summed E-state index contributed by atoms with van der Waals surface area (Å²) in [6, 6.07) is 6.27. The molecule has 0 bridgehead atoms. The van der Waals surface area contributed by atoms with Crippen LogP contribution in [-0.2, 0) is 14.8 Å². The zero-order valence-electron chi connectivity index (χ0n) is 11.0. The highest BCUT2D eigenvalue weighted by Crippen LogP contribution is 2.15. The van der Waals surface area contributed by atoms with Crippen LogP contribution in [0.3, 0.4) is 0 Å². The summed E-state index contributed by atoms with van der Waals surface area (Å²) in [5, 5.41) is 0. The summed E-state index contributed by atoms with van der Waals surface area (Å²) in [5.74, 6) is 0.613. The molecule has 6 heteroatoms. The Morgan fingerprint density at radius 3 is 2.53 bits per heavy atom. The lowest BCUT2D eigenvalue weighted by Gasteiger charge is -2.08. The van der Waals surface area contributed by atoms with Crippen molar-refractivity contribution in [3.05, 3.63) is 36.9 Å². The number of nitrogens with one attached hydrogen (secondary N) is 1. The summed E-state index contributed by atoms with van der Waals surface area (Å²) in [7, 11) is -1.86. The lowest BCUT2D eigenvalue weighted by Crippen LogP contribution is -2.24. The van der Waals surface area contributed by atoms with Crippen LogP contribution in [0.2, 0.25) is 0 Å². The van der Waals surface area contributed by atoms with E-state index in [0.717, 1.165) is 0 Å². The predicted molar refractivity (Wildman–Crippen MR) is 73.8 cm³/mol. The maximum atomic E-state index is 11.9. The molecular formula is C13H19NO4S. The number of benzene rings is 1. The van der Waals surface area contributed by atoms with Gasteiger partial charge in [-0.05, 0) is 30.7 Å². The first-order valence-corrected chi connectivity index (χ1v) is 7.41. The van der Waals surface area contributed by atoms with Gasteiger partial charge in [0.1, 0.15) is 12.4 Å². The van der Waals surface area contributed by atoms with Crippen LogP contribution in [0.15, 0.2) is 41.8 Å².